The van der Waals surface area contributed by atoms with Gasteiger partial charge in [0.25, 0.3) is 0 Å². The van der Waals surface area contributed by atoms with Gasteiger partial charge in [-0.25, -0.2) is 0 Å². The molecule has 1 aliphatic heterocycles. The summed E-state index contributed by atoms with van der Waals surface area (Å²) in [5.41, 5.74) is -0.0852. The van der Waals surface area contributed by atoms with Crippen LogP contribution in [0.25, 0.3) is 0 Å². The van der Waals surface area contributed by atoms with Crippen molar-refractivity contribution >= 4 is 5.91 Å². The van der Waals surface area contributed by atoms with Crippen LogP contribution in [0.5, 0.6) is 0 Å². The van der Waals surface area contributed by atoms with Gasteiger partial charge >= 0.3 is 0 Å². The third kappa shape index (κ3) is 2.71. The van der Waals surface area contributed by atoms with Gasteiger partial charge in [-0.3, -0.25) is 4.79 Å². The van der Waals surface area contributed by atoms with E-state index in [0.717, 1.165) is 0 Å². The van der Waals surface area contributed by atoms with Gasteiger partial charge in [0, 0.05) is 6.42 Å². The van der Waals surface area contributed by atoms with Gasteiger partial charge in [-0.2, -0.15) is 0 Å². The first-order valence-electron chi connectivity index (χ1n) is 5.11. The van der Waals surface area contributed by atoms with Crippen LogP contribution in [0.2, 0.25) is 0 Å². The molecular formula is C11H21NO2. The number of carbonyl (C=O) groups excluding carboxylic acids is 1. The van der Waals surface area contributed by atoms with E-state index in [1.165, 1.54) is 0 Å². The molecule has 1 heterocycles. The van der Waals surface area contributed by atoms with Crippen molar-refractivity contribution in [1.29, 1.82) is 0 Å². The maximum Gasteiger partial charge on any atom is 0.225 e. The van der Waals surface area contributed by atoms with E-state index in [0.29, 0.717) is 19.8 Å². The Labute approximate surface area is 86.4 Å². The SMILES string of the molecule is CC(C)(C)CC(=O)N1COCC1(C)C. The Morgan fingerprint density at radius 2 is 2.00 bits per heavy atom. The van der Waals surface area contributed by atoms with Crippen LogP contribution in [0, 0.1) is 5.41 Å². The lowest BCUT2D eigenvalue weighted by Crippen LogP contribution is -2.45. The Morgan fingerprint density at radius 3 is 2.36 bits per heavy atom. The van der Waals surface area contributed by atoms with E-state index in [-0.39, 0.29) is 16.9 Å². The first kappa shape index (κ1) is 11.5. The summed E-state index contributed by atoms with van der Waals surface area (Å²) in [5.74, 6) is 0.194. The molecule has 82 valence electrons. The monoisotopic (exact) mass is 199 g/mol. The van der Waals surface area contributed by atoms with Crippen molar-refractivity contribution in [3.63, 3.8) is 0 Å². The van der Waals surface area contributed by atoms with Crippen LogP contribution in [0.4, 0.5) is 0 Å². The molecule has 3 heteroatoms. The third-order valence-corrected chi connectivity index (χ3v) is 2.39. The average molecular weight is 199 g/mol. The second kappa shape index (κ2) is 3.54. The van der Waals surface area contributed by atoms with Crippen molar-refractivity contribution in [3.05, 3.63) is 0 Å². The largest absolute Gasteiger partial charge is 0.359 e. The molecule has 0 aromatic heterocycles. The van der Waals surface area contributed by atoms with Gasteiger partial charge in [0.15, 0.2) is 0 Å². The fourth-order valence-corrected chi connectivity index (χ4v) is 1.60. The molecule has 3 nitrogen and oxygen atoms in total. The molecule has 0 aromatic rings. The predicted octanol–water partition coefficient (Wildman–Crippen LogP) is 2.02. The van der Waals surface area contributed by atoms with E-state index >= 15 is 0 Å². The van der Waals surface area contributed by atoms with Crippen molar-refractivity contribution in [2.24, 2.45) is 5.41 Å². The summed E-state index contributed by atoms with van der Waals surface area (Å²) in [6, 6.07) is 0. The van der Waals surface area contributed by atoms with E-state index in [1.807, 2.05) is 18.7 Å². The summed E-state index contributed by atoms with van der Waals surface area (Å²) in [5, 5.41) is 0. The lowest BCUT2D eigenvalue weighted by Gasteiger charge is -2.31. The van der Waals surface area contributed by atoms with Gasteiger partial charge in [0.1, 0.15) is 6.73 Å². The van der Waals surface area contributed by atoms with Crippen LogP contribution in [-0.4, -0.2) is 29.7 Å². The van der Waals surface area contributed by atoms with E-state index < -0.39 is 0 Å². The zero-order chi connectivity index (χ0) is 11.0. The average Bonchev–Trinajstić information content (AvgIpc) is 2.25. The fraction of sp³-hybridized carbons (Fsp3) is 0.909. The number of ether oxygens (including phenoxy) is 1. The summed E-state index contributed by atoms with van der Waals surface area (Å²) >= 11 is 0. The summed E-state index contributed by atoms with van der Waals surface area (Å²) in [6.45, 7) is 11.4. The first-order chi connectivity index (χ1) is 6.22. The molecule has 14 heavy (non-hydrogen) atoms. The lowest BCUT2D eigenvalue weighted by molar-refractivity contribution is -0.137. The number of hydrogen-bond acceptors (Lipinski definition) is 2. The Morgan fingerprint density at radius 1 is 1.43 bits per heavy atom. The smallest absolute Gasteiger partial charge is 0.225 e. The molecule has 1 amide bonds. The number of nitrogens with zero attached hydrogens (tertiary/aromatic N) is 1. The van der Waals surface area contributed by atoms with Crippen molar-refractivity contribution in [3.8, 4) is 0 Å². The summed E-state index contributed by atoms with van der Waals surface area (Å²) in [7, 11) is 0. The molecule has 0 bridgehead atoms. The molecule has 0 radical (unpaired) electrons. The van der Waals surface area contributed by atoms with Crippen LogP contribution in [0.3, 0.4) is 0 Å². The Hall–Kier alpha value is -0.570. The predicted molar refractivity (Wildman–Crippen MR) is 55.8 cm³/mol. The van der Waals surface area contributed by atoms with E-state index in [2.05, 4.69) is 20.8 Å². The normalized spacial score (nSPS) is 21.4. The molecule has 0 N–H and O–H groups in total. The van der Waals surface area contributed by atoms with E-state index in [1.54, 1.807) is 0 Å². The topological polar surface area (TPSA) is 29.5 Å². The zero-order valence-corrected chi connectivity index (χ0v) is 9.89. The number of carbonyl (C=O) groups is 1. The Bertz CT molecular complexity index is 228. The minimum absolute atomic E-state index is 0.0513. The molecule has 0 spiro atoms. The van der Waals surface area contributed by atoms with Gasteiger partial charge in [-0.05, 0) is 19.3 Å². The second-order valence-electron chi connectivity index (χ2n) is 5.85. The van der Waals surface area contributed by atoms with Gasteiger partial charge in [0.05, 0.1) is 12.1 Å². The molecule has 1 aliphatic rings. The van der Waals surface area contributed by atoms with Gasteiger partial charge in [-0.15, -0.1) is 0 Å². The van der Waals surface area contributed by atoms with Crippen LogP contribution in [0.15, 0.2) is 0 Å². The molecular weight excluding hydrogens is 178 g/mol. The van der Waals surface area contributed by atoms with Crippen LogP contribution in [0.1, 0.15) is 41.0 Å². The number of rotatable bonds is 1. The minimum atomic E-state index is -0.137. The minimum Gasteiger partial charge on any atom is -0.359 e. The standard InChI is InChI=1S/C11H21NO2/c1-10(2,3)6-9(13)12-8-14-7-11(12,4)5/h6-8H2,1-5H3. The first-order valence-corrected chi connectivity index (χ1v) is 5.11. The van der Waals surface area contributed by atoms with Crippen molar-refractivity contribution in [1.82, 2.24) is 4.90 Å². The second-order valence-corrected chi connectivity index (χ2v) is 5.85. The van der Waals surface area contributed by atoms with Crippen molar-refractivity contribution in [2.45, 2.75) is 46.6 Å². The maximum absolute atomic E-state index is 11.9. The van der Waals surface area contributed by atoms with Gasteiger partial charge < -0.3 is 9.64 Å². The molecule has 0 unspecified atom stereocenters. The molecule has 0 aliphatic carbocycles. The highest BCUT2D eigenvalue weighted by molar-refractivity contribution is 5.77. The molecule has 0 saturated carbocycles. The van der Waals surface area contributed by atoms with Crippen LogP contribution < -0.4 is 0 Å². The van der Waals surface area contributed by atoms with Gasteiger partial charge in [0.2, 0.25) is 5.91 Å². The molecule has 0 aromatic carbocycles. The quantitative estimate of drug-likeness (QED) is 0.646. The summed E-state index contributed by atoms with van der Waals surface area (Å²) < 4.78 is 5.31. The third-order valence-electron chi connectivity index (χ3n) is 2.39. The molecule has 1 saturated heterocycles. The lowest BCUT2D eigenvalue weighted by atomic mass is 9.91. The highest BCUT2D eigenvalue weighted by atomic mass is 16.5. The Kier molecular flexibility index (Phi) is 2.91. The zero-order valence-electron chi connectivity index (χ0n) is 9.89. The Balaban J connectivity index is 2.62. The van der Waals surface area contributed by atoms with Crippen LogP contribution >= 0.6 is 0 Å². The van der Waals surface area contributed by atoms with Gasteiger partial charge in [-0.1, -0.05) is 20.8 Å². The van der Waals surface area contributed by atoms with Crippen LogP contribution in [-0.2, 0) is 9.53 Å². The molecule has 1 fully saturated rings. The fourth-order valence-electron chi connectivity index (χ4n) is 1.60. The highest BCUT2D eigenvalue weighted by Gasteiger charge is 2.37. The maximum atomic E-state index is 11.9. The van der Waals surface area contributed by atoms with E-state index in [9.17, 15) is 4.79 Å². The summed E-state index contributed by atoms with van der Waals surface area (Å²) in [6.07, 6.45) is 0.583. The highest BCUT2D eigenvalue weighted by Crippen LogP contribution is 2.26. The number of hydrogen-bond donors (Lipinski definition) is 0. The summed E-state index contributed by atoms with van der Waals surface area (Å²) in [4.78, 5) is 13.8. The van der Waals surface area contributed by atoms with Crippen molar-refractivity contribution < 1.29 is 9.53 Å². The molecule has 1 rings (SSSR count). The molecule has 0 atom stereocenters. The van der Waals surface area contributed by atoms with Crippen molar-refractivity contribution in [2.75, 3.05) is 13.3 Å². The van der Waals surface area contributed by atoms with E-state index in [4.69, 9.17) is 4.74 Å². The number of amides is 1.